The molecule has 4 heterocycles. The van der Waals surface area contributed by atoms with Gasteiger partial charge in [0.2, 0.25) is 0 Å². The van der Waals surface area contributed by atoms with E-state index in [9.17, 15) is 31.5 Å². The highest BCUT2D eigenvalue weighted by Crippen LogP contribution is 2.31. The molecule has 0 radical (unpaired) electrons. The first-order valence-corrected chi connectivity index (χ1v) is 20.6. The van der Waals surface area contributed by atoms with Gasteiger partial charge in [-0.15, -0.1) is 17.6 Å². The summed E-state index contributed by atoms with van der Waals surface area (Å²) < 4.78 is 81.3. The number of hydrogen-bond donors (Lipinski definition) is 3. The molecule has 8 rings (SSSR count). The van der Waals surface area contributed by atoms with Crippen LogP contribution in [0.2, 0.25) is 0 Å². The van der Waals surface area contributed by atoms with E-state index in [4.69, 9.17) is 24.6 Å². The molecule has 8 aromatic rings. The number of alkyl halides is 7. The van der Waals surface area contributed by atoms with Gasteiger partial charge in [-0.25, -0.2) is 19.9 Å². The summed E-state index contributed by atoms with van der Waals surface area (Å²) in [5.74, 6) is -0.968. The van der Waals surface area contributed by atoms with Crippen LogP contribution in [0.3, 0.4) is 0 Å². The molecule has 342 valence electrons. The Bertz CT molecular complexity index is 2790. The number of imidazole rings is 4. The number of fused-ring (bicyclic) bond motifs is 2. The minimum absolute atomic E-state index is 0.114. The molecule has 0 aliphatic rings. The molecule has 4 aromatic carbocycles. The second-order valence-corrected chi connectivity index (χ2v) is 15.7. The van der Waals surface area contributed by atoms with Gasteiger partial charge in [0.25, 0.3) is 11.8 Å². The van der Waals surface area contributed by atoms with Crippen LogP contribution in [0.4, 0.5) is 33.3 Å². The van der Waals surface area contributed by atoms with Crippen LogP contribution in [0.25, 0.3) is 27.8 Å². The molecule has 0 fully saturated rings. The van der Waals surface area contributed by atoms with Gasteiger partial charge < -0.3 is 38.8 Å². The highest BCUT2D eigenvalue weighted by molar-refractivity contribution is 9.10. The third kappa shape index (κ3) is 13.7. The van der Waals surface area contributed by atoms with Crippen molar-refractivity contribution in [1.82, 2.24) is 38.6 Å². The number of nitrogens with one attached hydrogen (secondary N) is 3. The summed E-state index contributed by atoms with van der Waals surface area (Å²) in [5, 5.41) is 5.44. The Hall–Kier alpha value is -6.51. The monoisotopic (exact) mass is 1010 g/mol. The lowest BCUT2D eigenvalue weighted by Gasteiger charge is -2.14. The number of aromatic amines is 1. The highest BCUT2D eigenvalue weighted by atomic mass is 79.9. The number of halogens is 8. The van der Waals surface area contributed by atoms with Crippen LogP contribution in [0.5, 0.6) is 11.5 Å². The second kappa shape index (κ2) is 21.9. The molecule has 0 spiro atoms. The Labute approximate surface area is 388 Å². The first-order chi connectivity index (χ1) is 31.3. The van der Waals surface area contributed by atoms with Crippen molar-refractivity contribution in [3.63, 3.8) is 0 Å². The van der Waals surface area contributed by atoms with E-state index < -0.39 is 18.3 Å². The Kier molecular flexibility index (Phi) is 16.2. The Morgan fingerprint density at radius 2 is 1.22 bits per heavy atom. The van der Waals surface area contributed by atoms with Gasteiger partial charge in [-0.1, -0.05) is 0 Å². The number of rotatable bonds is 11. The Balaban J connectivity index is 0.000000213. The highest BCUT2D eigenvalue weighted by Gasteiger charge is 2.28. The van der Waals surface area contributed by atoms with Gasteiger partial charge in [0.1, 0.15) is 11.5 Å². The molecule has 3 N–H and O–H groups in total. The van der Waals surface area contributed by atoms with E-state index in [0.717, 1.165) is 21.2 Å². The maximum atomic E-state index is 12.9. The first kappa shape index (κ1) is 48.0. The molecule has 0 aliphatic heterocycles. The van der Waals surface area contributed by atoms with E-state index in [1.807, 2.05) is 41.4 Å². The smallest absolute Gasteiger partial charge is 0.420 e. The van der Waals surface area contributed by atoms with Crippen molar-refractivity contribution < 1.29 is 42.4 Å². The fourth-order valence-corrected chi connectivity index (χ4v) is 6.85. The number of hydrogen-bond acceptors (Lipinski definition) is 8. The number of anilines is 2. The number of ether oxygens (including phenoxy) is 2. The van der Waals surface area contributed by atoms with Crippen molar-refractivity contribution in [2.45, 2.75) is 50.9 Å². The van der Waals surface area contributed by atoms with Crippen LogP contribution in [-0.4, -0.2) is 68.7 Å². The van der Waals surface area contributed by atoms with Crippen LogP contribution < -0.4 is 20.1 Å². The standard InChI is InChI=1S/C21H18ClF2N5O2.C18H15BrClF2N3O2.C3H4N2.CH3F/c1-13(2)29-12-26-17-9-14(10-18(19(17)29)28-8-7-25-11-28)20(30)27-15-3-5-16(6-4-15)31-21(22,23)24;1-10(2)25-9-23-15-8-11(7-14(19)16(15)25)17(26)24-12-3-5-13(6-4-12)27-18(20,21)22;1-2-5-3-4-1;1-2/h3-13H,1-2H3,(H,27,30);3-10H,1-2H3,(H,24,26);1-3H,(H,4,5);1H3/i;;;1D. The average molecular weight is 1010 g/mol. The summed E-state index contributed by atoms with van der Waals surface area (Å²) in [5.41, 5.74) is -2.04. The van der Waals surface area contributed by atoms with Crippen molar-refractivity contribution in [3.05, 3.63) is 138 Å². The maximum absolute atomic E-state index is 12.9. The zero-order chi connectivity index (χ0) is 48.2. The van der Waals surface area contributed by atoms with E-state index in [1.165, 1.54) is 48.5 Å². The van der Waals surface area contributed by atoms with Crippen LogP contribution in [0.15, 0.2) is 127 Å². The number of aromatic nitrogens is 8. The predicted octanol–water partition coefficient (Wildman–Crippen LogP) is 12.0. The summed E-state index contributed by atoms with van der Waals surface area (Å²) in [4.78, 5) is 44.7. The van der Waals surface area contributed by atoms with Gasteiger partial charge in [0.05, 0.1) is 61.6 Å². The fourth-order valence-electron chi connectivity index (χ4n) is 6.02. The maximum Gasteiger partial charge on any atom is 0.487 e. The molecule has 0 atom stereocenters. The fraction of sp³-hybridized carbons (Fsp3) is 0.209. The van der Waals surface area contributed by atoms with Crippen molar-refractivity contribution in [2.75, 3.05) is 17.8 Å². The van der Waals surface area contributed by atoms with Crippen molar-refractivity contribution in [2.24, 2.45) is 0 Å². The number of benzene rings is 4. The molecular formula is C43H40BrCl2F5N10O4. The van der Waals surface area contributed by atoms with Gasteiger partial charge >= 0.3 is 11.1 Å². The normalized spacial score (nSPS) is 11.4. The quantitative estimate of drug-likeness (QED) is 0.0853. The third-order valence-electron chi connectivity index (χ3n) is 8.79. The lowest BCUT2D eigenvalue weighted by atomic mass is 10.1. The van der Waals surface area contributed by atoms with Crippen LogP contribution in [-0.2, 0) is 0 Å². The van der Waals surface area contributed by atoms with E-state index >= 15 is 0 Å². The van der Waals surface area contributed by atoms with Crippen molar-refractivity contribution in [1.29, 1.82) is 0 Å². The van der Waals surface area contributed by atoms with E-state index in [0.29, 0.717) is 33.5 Å². The number of H-pyrrole nitrogens is 1. The Morgan fingerprint density at radius 3 is 1.62 bits per heavy atom. The molecule has 0 unspecified atom stereocenters. The molecule has 0 saturated heterocycles. The average Bonchev–Trinajstić information content (AvgIpc) is 4.10. The van der Waals surface area contributed by atoms with Gasteiger partial charge in [0, 0.05) is 87.0 Å². The van der Waals surface area contributed by atoms with Gasteiger partial charge in [-0.3, -0.25) is 14.0 Å². The molecule has 0 aliphatic carbocycles. The predicted molar refractivity (Wildman–Crippen MR) is 242 cm³/mol. The molecule has 22 heteroatoms. The summed E-state index contributed by atoms with van der Waals surface area (Å²) in [6, 6.07) is 18.2. The molecule has 65 heavy (non-hydrogen) atoms. The topological polar surface area (TPSA) is 159 Å². The second-order valence-electron chi connectivity index (χ2n) is 14.0. The van der Waals surface area contributed by atoms with E-state index in [-0.39, 0.29) is 35.4 Å². The summed E-state index contributed by atoms with van der Waals surface area (Å²) in [7, 11) is -1.00. The number of carbonyl (C=O) groups is 2. The van der Waals surface area contributed by atoms with Crippen molar-refractivity contribution in [3.8, 4) is 17.2 Å². The van der Waals surface area contributed by atoms with E-state index in [2.05, 4.69) is 61.0 Å². The molecule has 0 saturated carbocycles. The summed E-state index contributed by atoms with van der Waals surface area (Å²) in [6.07, 6.45) is 13.7. The van der Waals surface area contributed by atoms with Crippen LogP contribution in [0, 0.1) is 0 Å². The Morgan fingerprint density at radius 1 is 0.738 bits per heavy atom. The van der Waals surface area contributed by atoms with Crippen molar-refractivity contribution >= 4 is 84.4 Å². The molecule has 0 bridgehead atoms. The zero-order valence-electron chi connectivity index (χ0n) is 35.7. The molecule has 2 amide bonds. The molecule has 14 nitrogen and oxygen atoms in total. The third-order valence-corrected chi connectivity index (χ3v) is 9.55. The molecular weight excluding hydrogens is 966 g/mol. The lowest BCUT2D eigenvalue weighted by Crippen LogP contribution is -2.16. The van der Waals surface area contributed by atoms with E-state index in [1.54, 1.807) is 74.4 Å². The number of nitrogens with zero attached hydrogens (tertiary/aromatic N) is 7. The largest absolute Gasteiger partial charge is 0.487 e. The zero-order valence-corrected chi connectivity index (χ0v) is 37.8. The van der Waals surface area contributed by atoms with Gasteiger partial charge in [-0.2, -0.15) is 0 Å². The minimum Gasteiger partial charge on any atom is -0.420 e. The van der Waals surface area contributed by atoms with Gasteiger partial charge in [0.15, 0.2) is 0 Å². The summed E-state index contributed by atoms with van der Waals surface area (Å²) in [6.45, 7) is 8.18. The van der Waals surface area contributed by atoms with Crippen LogP contribution >= 0.6 is 39.1 Å². The minimum atomic E-state index is -3.80. The molecule has 4 aromatic heterocycles. The number of amides is 2. The summed E-state index contributed by atoms with van der Waals surface area (Å²) >= 11 is 13.0. The van der Waals surface area contributed by atoms with Crippen LogP contribution in [0.1, 0.15) is 61.9 Å². The SMILES string of the molecule is CC(C)n1cnc2cc(C(=O)Nc3ccc(OC(F)(F)Cl)cc3)cc(-n3ccnc3)c21.CC(C)n1cnc2cc(C(=O)Nc3ccc(OC(F)(F)Cl)cc3)cc(Br)c21.[2H]CF.c1c[nH]cn1. The first-order valence-electron chi connectivity index (χ1n) is 19.7. The number of carbonyl (C=O) groups excluding carboxylic acids is 2. The van der Waals surface area contributed by atoms with Gasteiger partial charge in [-0.05, 0) is 116 Å². The lowest BCUT2D eigenvalue weighted by molar-refractivity contribution is -0.0972.